The third-order valence-corrected chi connectivity index (χ3v) is 4.01. The minimum absolute atomic E-state index is 0.0101. The van der Waals surface area contributed by atoms with Gasteiger partial charge in [-0.2, -0.15) is 0 Å². The highest BCUT2D eigenvalue weighted by Crippen LogP contribution is 2.30. The summed E-state index contributed by atoms with van der Waals surface area (Å²) in [6, 6.07) is 5.35. The lowest BCUT2D eigenvalue weighted by atomic mass is 9.95. The van der Waals surface area contributed by atoms with Crippen molar-refractivity contribution in [1.82, 2.24) is 9.55 Å². The van der Waals surface area contributed by atoms with E-state index in [2.05, 4.69) is 14.9 Å². The third-order valence-electron chi connectivity index (χ3n) is 4.01. The molecule has 1 aromatic heterocycles. The van der Waals surface area contributed by atoms with Crippen LogP contribution in [0.3, 0.4) is 0 Å². The van der Waals surface area contributed by atoms with Crippen LogP contribution in [-0.2, 0) is 17.8 Å². The third kappa shape index (κ3) is 2.77. The first-order chi connectivity index (χ1) is 10.7. The number of aromatic nitrogens is 2. The van der Waals surface area contributed by atoms with Gasteiger partial charge in [-0.1, -0.05) is 0 Å². The van der Waals surface area contributed by atoms with Gasteiger partial charge in [0.2, 0.25) is 5.91 Å². The van der Waals surface area contributed by atoms with E-state index in [0.717, 1.165) is 18.7 Å². The van der Waals surface area contributed by atoms with Crippen LogP contribution in [0.1, 0.15) is 12.1 Å². The molecule has 1 atom stereocenters. The second-order valence-corrected chi connectivity index (χ2v) is 5.32. The number of amides is 1. The maximum atomic E-state index is 12.5. The first kappa shape index (κ1) is 14.4. The number of benzene rings is 1. The average molecular weight is 301 g/mol. The molecule has 0 saturated carbocycles. The number of fused-ring (bicyclic) bond motifs is 1. The van der Waals surface area contributed by atoms with E-state index in [1.807, 2.05) is 12.5 Å². The van der Waals surface area contributed by atoms with Gasteiger partial charge >= 0.3 is 0 Å². The molecule has 6 heteroatoms. The van der Waals surface area contributed by atoms with Gasteiger partial charge in [0, 0.05) is 36.8 Å². The van der Waals surface area contributed by atoms with Gasteiger partial charge in [0.15, 0.2) is 0 Å². The van der Waals surface area contributed by atoms with Gasteiger partial charge in [-0.05, 0) is 18.6 Å². The molecule has 0 bridgehead atoms. The molecule has 2 aromatic rings. The molecule has 0 fully saturated rings. The predicted molar refractivity (Wildman–Crippen MR) is 82.2 cm³/mol. The van der Waals surface area contributed by atoms with Crippen molar-refractivity contribution in [3.05, 3.63) is 36.4 Å². The number of aryl methyl sites for hydroxylation is 1. The van der Waals surface area contributed by atoms with E-state index in [1.54, 1.807) is 32.4 Å². The smallest absolute Gasteiger partial charge is 0.228 e. The summed E-state index contributed by atoms with van der Waals surface area (Å²) in [7, 11) is 3.17. The van der Waals surface area contributed by atoms with Gasteiger partial charge in [0.05, 0.1) is 26.2 Å². The first-order valence-corrected chi connectivity index (χ1v) is 7.23. The van der Waals surface area contributed by atoms with Gasteiger partial charge in [0.25, 0.3) is 0 Å². The van der Waals surface area contributed by atoms with E-state index in [0.29, 0.717) is 23.6 Å². The van der Waals surface area contributed by atoms with Crippen LogP contribution in [0, 0.1) is 5.92 Å². The van der Waals surface area contributed by atoms with Crippen LogP contribution in [0.5, 0.6) is 11.5 Å². The normalized spacial score (nSPS) is 16.7. The predicted octanol–water partition coefficient (Wildman–Crippen LogP) is 2.10. The molecule has 0 radical (unpaired) electrons. The first-order valence-electron chi connectivity index (χ1n) is 7.23. The summed E-state index contributed by atoms with van der Waals surface area (Å²) in [5, 5.41) is 2.96. The highest BCUT2D eigenvalue weighted by atomic mass is 16.5. The van der Waals surface area contributed by atoms with Gasteiger partial charge < -0.3 is 19.4 Å². The Kier molecular flexibility index (Phi) is 4.00. The van der Waals surface area contributed by atoms with Gasteiger partial charge in [-0.25, -0.2) is 4.98 Å². The Bertz CT molecular complexity index is 681. The van der Waals surface area contributed by atoms with Crippen LogP contribution >= 0.6 is 0 Å². The van der Waals surface area contributed by atoms with Crippen molar-refractivity contribution in [2.24, 2.45) is 5.92 Å². The van der Waals surface area contributed by atoms with Crippen LogP contribution in [0.15, 0.2) is 30.7 Å². The Morgan fingerprint density at radius 1 is 1.36 bits per heavy atom. The molecule has 6 nitrogen and oxygen atoms in total. The van der Waals surface area contributed by atoms with E-state index < -0.39 is 0 Å². The highest BCUT2D eigenvalue weighted by Gasteiger charge is 2.25. The number of imidazole rings is 1. The number of carbonyl (C=O) groups is 1. The SMILES string of the molecule is COc1ccc(NC(=O)C2CCn3cncc3C2)c(OC)c1. The van der Waals surface area contributed by atoms with Crippen molar-refractivity contribution in [2.75, 3.05) is 19.5 Å². The van der Waals surface area contributed by atoms with E-state index in [-0.39, 0.29) is 11.8 Å². The summed E-state index contributed by atoms with van der Waals surface area (Å²) in [5.74, 6) is 1.25. The lowest BCUT2D eigenvalue weighted by Gasteiger charge is -2.23. The molecule has 0 aliphatic carbocycles. The second-order valence-electron chi connectivity index (χ2n) is 5.32. The molecule has 1 aromatic carbocycles. The molecule has 0 saturated heterocycles. The lowest BCUT2D eigenvalue weighted by Crippen LogP contribution is -2.30. The summed E-state index contributed by atoms with van der Waals surface area (Å²) in [6.07, 6.45) is 5.17. The highest BCUT2D eigenvalue weighted by molar-refractivity contribution is 5.94. The number of ether oxygens (including phenoxy) is 2. The maximum absolute atomic E-state index is 12.5. The van der Waals surface area contributed by atoms with E-state index in [4.69, 9.17) is 9.47 Å². The van der Waals surface area contributed by atoms with E-state index in [1.165, 1.54) is 0 Å². The number of nitrogens with zero attached hydrogens (tertiary/aromatic N) is 2. The number of nitrogens with one attached hydrogen (secondary N) is 1. The number of hydrogen-bond donors (Lipinski definition) is 1. The fraction of sp³-hybridized carbons (Fsp3) is 0.375. The molecular formula is C16H19N3O3. The van der Waals surface area contributed by atoms with E-state index >= 15 is 0 Å². The Morgan fingerprint density at radius 2 is 2.23 bits per heavy atom. The monoisotopic (exact) mass is 301 g/mol. The van der Waals surface area contributed by atoms with Crippen molar-refractivity contribution in [1.29, 1.82) is 0 Å². The largest absolute Gasteiger partial charge is 0.497 e. The molecule has 2 heterocycles. The number of carbonyl (C=O) groups excluding carboxylic acids is 1. The van der Waals surface area contributed by atoms with Crippen LogP contribution < -0.4 is 14.8 Å². The van der Waals surface area contributed by atoms with E-state index in [9.17, 15) is 4.79 Å². The second kappa shape index (κ2) is 6.09. The zero-order valence-corrected chi connectivity index (χ0v) is 12.7. The molecule has 0 spiro atoms. The summed E-state index contributed by atoms with van der Waals surface area (Å²) >= 11 is 0. The molecule has 1 aliphatic rings. The van der Waals surface area contributed by atoms with Crippen molar-refractivity contribution in [3.8, 4) is 11.5 Å². The number of methoxy groups -OCH3 is 2. The van der Waals surface area contributed by atoms with Gasteiger partial charge in [0.1, 0.15) is 11.5 Å². The van der Waals surface area contributed by atoms with Crippen molar-refractivity contribution in [3.63, 3.8) is 0 Å². The van der Waals surface area contributed by atoms with Crippen molar-refractivity contribution >= 4 is 11.6 Å². The van der Waals surface area contributed by atoms with Crippen LogP contribution in [-0.4, -0.2) is 29.7 Å². The molecule has 116 valence electrons. The molecule has 1 aliphatic heterocycles. The zero-order chi connectivity index (χ0) is 15.5. The molecule has 1 amide bonds. The zero-order valence-electron chi connectivity index (χ0n) is 12.7. The topological polar surface area (TPSA) is 65.4 Å². The standard InChI is InChI=1S/C16H19N3O3/c1-21-13-3-4-14(15(8-13)22-2)18-16(20)11-5-6-19-10-17-9-12(19)7-11/h3-4,8-11H,5-7H2,1-2H3,(H,18,20). The summed E-state index contributed by atoms with van der Waals surface area (Å²) in [4.78, 5) is 16.6. The van der Waals surface area contributed by atoms with Crippen molar-refractivity contribution in [2.45, 2.75) is 19.4 Å². The number of rotatable bonds is 4. The summed E-state index contributed by atoms with van der Waals surface area (Å²) < 4.78 is 12.6. The minimum atomic E-state index is -0.0454. The molecule has 3 rings (SSSR count). The Balaban J connectivity index is 1.72. The lowest BCUT2D eigenvalue weighted by molar-refractivity contribution is -0.120. The Morgan fingerprint density at radius 3 is 3.00 bits per heavy atom. The summed E-state index contributed by atoms with van der Waals surface area (Å²) in [6.45, 7) is 0.827. The average Bonchev–Trinajstić information content (AvgIpc) is 3.02. The molecular weight excluding hydrogens is 282 g/mol. The van der Waals surface area contributed by atoms with Gasteiger partial charge in [-0.15, -0.1) is 0 Å². The fourth-order valence-corrected chi connectivity index (χ4v) is 2.73. The number of anilines is 1. The molecule has 22 heavy (non-hydrogen) atoms. The minimum Gasteiger partial charge on any atom is -0.497 e. The number of hydrogen-bond acceptors (Lipinski definition) is 4. The quantitative estimate of drug-likeness (QED) is 0.939. The Hall–Kier alpha value is -2.50. The molecule has 1 unspecified atom stereocenters. The Labute approximate surface area is 129 Å². The fourth-order valence-electron chi connectivity index (χ4n) is 2.73. The van der Waals surface area contributed by atoms with Crippen molar-refractivity contribution < 1.29 is 14.3 Å². The van der Waals surface area contributed by atoms with Gasteiger partial charge in [-0.3, -0.25) is 4.79 Å². The van der Waals surface area contributed by atoms with Crippen LogP contribution in [0.4, 0.5) is 5.69 Å². The maximum Gasteiger partial charge on any atom is 0.228 e. The molecule has 1 N–H and O–H groups in total. The summed E-state index contributed by atoms with van der Waals surface area (Å²) in [5.41, 5.74) is 1.76. The van der Waals surface area contributed by atoms with Crippen LogP contribution in [0.25, 0.3) is 0 Å². The van der Waals surface area contributed by atoms with Crippen LogP contribution in [0.2, 0.25) is 0 Å².